The second-order valence-corrected chi connectivity index (χ2v) is 2.70. The van der Waals surface area contributed by atoms with Gasteiger partial charge in [-0.15, -0.1) is 0 Å². The van der Waals surface area contributed by atoms with E-state index in [0.717, 1.165) is 25.9 Å². The molecule has 3 nitrogen and oxygen atoms in total. The molecule has 0 aromatic carbocycles. The molecule has 1 saturated heterocycles. The molecule has 0 spiro atoms. The zero-order valence-corrected chi connectivity index (χ0v) is 7.13. The lowest BCUT2D eigenvalue weighted by molar-refractivity contribution is -0.122. The molecule has 0 aliphatic carbocycles. The van der Waals surface area contributed by atoms with Gasteiger partial charge in [-0.2, -0.15) is 0 Å². The molecule has 0 bridgehead atoms. The lowest BCUT2D eigenvalue weighted by Gasteiger charge is -2.19. The van der Waals surface area contributed by atoms with Crippen molar-refractivity contribution in [3.8, 4) is 12.0 Å². The van der Waals surface area contributed by atoms with E-state index in [1.807, 2.05) is 0 Å². The summed E-state index contributed by atoms with van der Waals surface area (Å²) < 4.78 is 10.2. The SMILES string of the molecule is CC(=O)C#CO[C@@H]1CCCCO1. The van der Waals surface area contributed by atoms with Gasteiger partial charge in [-0.3, -0.25) is 4.79 Å². The molecule has 66 valence electrons. The molecule has 1 aliphatic rings. The molecule has 0 aromatic rings. The quantitative estimate of drug-likeness (QED) is 0.549. The monoisotopic (exact) mass is 168 g/mol. The minimum absolute atomic E-state index is 0.189. The molecule has 1 fully saturated rings. The highest BCUT2D eigenvalue weighted by Crippen LogP contribution is 2.12. The second kappa shape index (κ2) is 4.78. The lowest BCUT2D eigenvalue weighted by atomic mass is 10.2. The molecule has 12 heavy (non-hydrogen) atoms. The highest BCUT2D eigenvalue weighted by molar-refractivity contribution is 5.92. The van der Waals surface area contributed by atoms with E-state index in [0.29, 0.717) is 0 Å². The number of Topliss-reactive ketones (excluding diaryl/α,β-unsaturated/α-hetero) is 1. The third-order valence-corrected chi connectivity index (χ3v) is 1.56. The molecule has 1 heterocycles. The van der Waals surface area contributed by atoms with Crippen LogP contribution in [0.3, 0.4) is 0 Å². The predicted octanol–water partition coefficient (Wildman–Crippen LogP) is 1.08. The molecule has 0 saturated carbocycles. The van der Waals surface area contributed by atoms with Crippen molar-refractivity contribution < 1.29 is 14.3 Å². The Kier molecular flexibility index (Phi) is 3.62. The Bertz CT molecular complexity index is 206. The molecule has 0 amide bonds. The van der Waals surface area contributed by atoms with Crippen molar-refractivity contribution in [2.45, 2.75) is 32.5 Å². The average molecular weight is 168 g/mol. The minimum atomic E-state index is -0.231. The maximum absolute atomic E-state index is 10.4. The fourth-order valence-electron chi connectivity index (χ4n) is 0.971. The summed E-state index contributed by atoms with van der Waals surface area (Å²) in [6.07, 6.45) is 5.15. The van der Waals surface area contributed by atoms with Gasteiger partial charge in [-0.25, -0.2) is 0 Å². The maximum Gasteiger partial charge on any atom is 0.210 e. The van der Waals surface area contributed by atoms with Gasteiger partial charge >= 0.3 is 0 Å². The Morgan fingerprint density at radius 2 is 2.42 bits per heavy atom. The number of rotatable bonds is 1. The van der Waals surface area contributed by atoms with Gasteiger partial charge in [-0.05, 0) is 12.8 Å². The Hall–Kier alpha value is -1.01. The van der Waals surface area contributed by atoms with Gasteiger partial charge in [0.15, 0.2) is 0 Å². The molecule has 0 unspecified atom stereocenters. The zero-order chi connectivity index (χ0) is 8.81. The van der Waals surface area contributed by atoms with Crippen LogP contribution in [0, 0.1) is 12.0 Å². The predicted molar refractivity (Wildman–Crippen MR) is 43.1 cm³/mol. The van der Waals surface area contributed by atoms with Crippen molar-refractivity contribution in [1.82, 2.24) is 0 Å². The summed E-state index contributed by atoms with van der Waals surface area (Å²) in [7, 11) is 0. The fourth-order valence-corrected chi connectivity index (χ4v) is 0.971. The number of carbonyl (C=O) groups is 1. The van der Waals surface area contributed by atoms with Gasteiger partial charge in [0.25, 0.3) is 0 Å². The van der Waals surface area contributed by atoms with Crippen LogP contribution in [0.2, 0.25) is 0 Å². The summed E-state index contributed by atoms with van der Waals surface area (Å²) in [5.41, 5.74) is 0. The first-order valence-electron chi connectivity index (χ1n) is 4.08. The standard InChI is InChI=1S/C9H12O3/c1-8(10)5-7-12-9-4-2-3-6-11-9/h9H,2-4,6H2,1H3/t9-/m1/s1. The molecule has 1 aliphatic heterocycles. The Morgan fingerprint density at radius 3 is 3.00 bits per heavy atom. The van der Waals surface area contributed by atoms with Crippen molar-refractivity contribution in [2.75, 3.05) is 6.61 Å². The van der Waals surface area contributed by atoms with E-state index in [2.05, 4.69) is 12.0 Å². The Balaban J connectivity index is 2.22. The summed E-state index contributed by atoms with van der Waals surface area (Å²) in [5, 5.41) is 0. The first-order chi connectivity index (χ1) is 5.79. The van der Waals surface area contributed by atoms with E-state index in [1.165, 1.54) is 6.92 Å². The normalized spacial score (nSPS) is 22.2. The highest BCUT2D eigenvalue weighted by atomic mass is 16.7. The smallest absolute Gasteiger partial charge is 0.210 e. The average Bonchev–Trinajstić information content (AvgIpc) is 2.05. The number of hydrogen-bond acceptors (Lipinski definition) is 3. The van der Waals surface area contributed by atoms with Crippen LogP contribution in [0.5, 0.6) is 0 Å². The van der Waals surface area contributed by atoms with Crippen LogP contribution in [-0.2, 0) is 14.3 Å². The summed E-state index contributed by atoms with van der Waals surface area (Å²) in [6, 6.07) is 0. The van der Waals surface area contributed by atoms with Crippen LogP contribution < -0.4 is 0 Å². The lowest BCUT2D eigenvalue weighted by Crippen LogP contribution is -2.20. The maximum atomic E-state index is 10.4. The van der Waals surface area contributed by atoms with Crippen molar-refractivity contribution in [3.05, 3.63) is 0 Å². The van der Waals surface area contributed by atoms with Gasteiger partial charge in [0.1, 0.15) is 6.11 Å². The van der Waals surface area contributed by atoms with Crippen LogP contribution in [-0.4, -0.2) is 18.7 Å². The molecule has 0 N–H and O–H groups in total. The molecule has 3 heteroatoms. The van der Waals surface area contributed by atoms with Crippen LogP contribution in [0.1, 0.15) is 26.2 Å². The Labute approximate surface area is 72.0 Å². The van der Waals surface area contributed by atoms with Crippen molar-refractivity contribution in [1.29, 1.82) is 0 Å². The molecular weight excluding hydrogens is 156 g/mol. The van der Waals surface area contributed by atoms with E-state index >= 15 is 0 Å². The van der Waals surface area contributed by atoms with Crippen molar-refractivity contribution >= 4 is 5.78 Å². The van der Waals surface area contributed by atoms with Crippen molar-refractivity contribution in [2.24, 2.45) is 0 Å². The third-order valence-electron chi connectivity index (χ3n) is 1.56. The zero-order valence-electron chi connectivity index (χ0n) is 7.13. The van der Waals surface area contributed by atoms with Gasteiger partial charge in [0.05, 0.1) is 6.61 Å². The first-order valence-corrected chi connectivity index (χ1v) is 4.08. The van der Waals surface area contributed by atoms with Crippen molar-refractivity contribution in [3.63, 3.8) is 0 Å². The molecule has 0 radical (unpaired) electrons. The van der Waals surface area contributed by atoms with Gasteiger partial charge in [0, 0.05) is 19.3 Å². The van der Waals surface area contributed by atoms with E-state index < -0.39 is 0 Å². The van der Waals surface area contributed by atoms with Gasteiger partial charge < -0.3 is 9.47 Å². The van der Waals surface area contributed by atoms with Crippen LogP contribution in [0.25, 0.3) is 0 Å². The van der Waals surface area contributed by atoms with Crippen LogP contribution in [0.15, 0.2) is 0 Å². The van der Waals surface area contributed by atoms with Gasteiger partial charge in [0.2, 0.25) is 12.1 Å². The van der Waals surface area contributed by atoms with E-state index in [1.54, 1.807) is 0 Å². The summed E-state index contributed by atoms with van der Waals surface area (Å²) in [5.74, 6) is 2.11. The summed E-state index contributed by atoms with van der Waals surface area (Å²) in [6.45, 7) is 2.13. The van der Waals surface area contributed by atoms with Crippen LogP contribution in [0.4, 0.5) is 0 Å². The Morgan fingerprint density at radius 1 is 1.58 bits per heavy atom. The number of hydrogen-bond donors (Lipinski definition) is 0. The van der Waals surface area contributed by atoms with E-state index in [9.17, 15) is 4.79 Å². The molecular formula is C9H12O3. The van der Waals surface area contributed by atoms with E-state index in [-0.39, 0.29) is 12.1 Å². The summed E-state index contributed by atoms with van der Waals surface area (Å²) >= 11 is 0. The largest absolute Gasteiger partial charge is 0.414 e. The number of carbonyl (C=O) groups excluding carboxylic acids is 1. The first kappa shape index (κ1) is 9.08. The topological polar surface area (TPSA) is 35.5 Å². The molecule has 1 rings (SSSR count). The second-order valence-electron chi connectivity index (χ2n) is 2.70. The third kappa shape index (κ3) is 3.40. The van der Waals surface area contributed by atoms with E-state index in [4.69, 9.17) is 9.47 Å². The van der Waals surface area contributed by atoms with Gasteiger partial charge in [-0.1, -0.05) is 0 Å². The molecule has 0 aromatic heterocycles. The summed E-state index contributed by atoms with van der Waals surface area (Å²) in [4.78, 5) is 10.4. The fraction of sp³-hybridized carbons (Fsp3) is 0.667. The highest BCUT2D eigenvalue weighted by Gasteiger charge is 2.13. The van der Waals surface area contributed by atoms with Crippen LogP contribution >= 0.6 is 0 Å². The minimum Gasteiger partial charge on any atom is -0.414 e. The molecule has 1 atom stereocenters. The number of ketones is 1. The number of ether oxygens (including phenoxy) is 2.